The Morgan fingerprint density at radius 2 is 2.21 bits per heavy atom. The molecule has 0 aromatic rings. The average Bonchev–Trinajstić information content (AvgIpc) is 2.77. The van der Waals surface area contributed by atoms with Crippen LogP contribution in [-0.2, 0) is 9.53 Å². The number of fused-ring (bicyclic) bond motifs is 2. The molecule has 1 amide bonds. The summed E-state index contributed by atoms with van der Waals surface area (Å²) in [7, 11) is 1.57. The van der Waals surface area contributed by atoms with Crippen molar-refractivity contribution in [2.24, 2.45) is 11.8 Å². The summed E-state index contributed by atoms with van der Waals surface area (Å²) in [6.07, 6.45) is 4.88. The number of carbonyl (C=O) groups excluding carboxylic acids is 1. The number of hydrogen-bond donors (Lipinski definition) is 1. The lowest BCUT2D eigenvalue weighted by molar-refractivity contribution is -0.131. The van der Waals surface area contributed by atoms with Crippen LogP contribution in [0.15, 0.2) is 0 Å². The molecule has 2 rings (SSSR count). The Morgan fingerprint density at radius 3 is 2.71 bits per heavy atom. The lowest BCUT2D eigenvalue weighted by atomic mass is 9.95. The van der Waals surface area contributed by atoms with E-state index in [1.165, 1.54) is 25.7 Å². The van der Waals surface area contributed by atoms with Crippen molar-refractivity contribution in [2.45, 2.75) is 44.8 Å². The van der Waals surface area contributed by atoms with Gasteiger partial charge in [-0.15, -0.1) is 0 Å². The van der Waals surface area contributed by atoms with Gasteiger partial charge in [-0.25, -0.2) is 0 Å². The van der Waals surface area contributed by atoms with E-state index < -0.39 is 0 Å². The first-order chi connectivity index (χ1) is 6.70. The van der Waals surface area contributed by atoms with Gasteiger partial charge >= 0.3 is 0 Å². The summed E-state index contributed by atoms with van der Waals surface area (Å²) < 4.78 is 4.99. The molecule has 0 radical (unpaired) electrons. The third-order valence-electron chi connectivity index (χ3n) is 3.79. The van der Waals surface area contributed by atoms with E-state index in [0.717, 1.165) is 11.8 Å². The van der Waals surface area contributed by atoms with Crippen LogP contribution in [0, 0.1) is 11.8 Å². The molecule has 4 unspecified atom stereocenters. The van der Waals surface area contributed by atoms with Crippen LogP contribution >= 0.6 is 0 Å². The first-order valence-corrected chi connectivity index (χ1v) is 5.54. The molecule has 2 aliphatic rings. The summed E-state index contributed by atoms with van der Waals surface area (Å²) in [6.45, 7) is 1.79. The van der Waals surface area contributed by atoms with E-state index in [1.807, 2.05) is 0 Å². The quantitative estimate of drug-likeness (QED) is 0.741. The van der Waals surface area contributed by atoms with Crippen molar-refractivity contribution in [3.8, 4) is 0 Å². The topological polar surface area (TPSA) is 38.3 Å². The minimum absolute atomic E-state index is 0.0463. The number of hydrogen-bond acceptors (Lipinski definition) is 2. The molecule has 4 atom stereocenters. The highest BCUT2D eigenvalue weighted by Crippen LogP contribution is 2.44. The molecule has 2 fully saturated rings. The molecule has 0 aliphatic heterocycles. The van der Waals surface area contributed by atoms with E-state index >= 15 is 0 Å². The van der Waals surface area contributed by atoms with E-state index in [-0.39, 0.29) is 12.0 Å². The van der Waals surface area contributed by atoms with Gasteiger partial charge in [0.15, 0.2) is 0 Å². The van der Waals surface area contributed by atoms with E-state index in [0.29, 0.717) is 6.04 Å². The molecule has 0 saturated heterocycles. The molecule has 80 valence electrons. The molecule has 14 heavy (non-hydrogen) atoms. The number of rotatable bonds is 3. The lowest BCUT2D eigenvalue weighted by Crippen LogP contribution is -2.43. The van der Waals surface area contributed by atoms with E-state index in [9.17, 15) is 4.79 Å². The third kappa shape index (κ3) is 1.78. The second kappa shape index (κ2) is 3.89. The Bertz CT molecular complexity index is 229. The largest absolute Gasteiger partial charge is 0.372 e. The Labute approximate surface area is 85.2 Å². The maximum absolute atomic E-state index is 11.6. The smallest absolute Gasteiger partial charge is 0.249 e. The second-order valence-electron chi connectivity index (χ2n) is 4.67. The van der Waals surface area contributed by atoms with Crippen LogP contribution in [0.5, 0.6) is 0 Å². The molecule has 0 spiro atoms. The first-order valence-electron chi connectivity index (χ1n) is 5.54. The highest BCUT2D eigenvalue weighted by Gasteiger charge is 2.40. The van der Waals surface area contributed by atoms with Gasteiger partial charge in [-0.05, 0) is 38.0 Å². The normalized spacial score (nSPS) is 37.1. The average molecular weight is 197 g/mol. The molecule has 1 N–H and O–H groups in total. The van der Waals surface area contributed by atoms with Gasteiger partial charge in [0.25, 0.3) is 0 Å². The molecule has 0 aromatic carbocycles. The lowest BCUT2D eigenvalue weighted by Gasteiger charge is -2.24. The third-order valence-corrected chi connectivity index (χ3v) is 3.79. The zero-order valence-corrected chi connectivity index (χ0v) is 8.95. The van der Waals surface area contributed by atoms with Crippen LogP contribution in [0.1, 0.15) is 32.6 Å². The number of ether oxygens (including phenoxy) is 1. The summed E-state index contributed by atoms with van der Waals surface area (Å²) >= 11 is 0. The Balaban J connectivity index is 1.84. The van der Waals surface area contributed by atoms with Crippen molar-refractivity contribution >= 4 is 5.91 Å². The van der Waals surface area contributed by atoms with Crippen LogP contribution in [0.3, 0.4) is 0 Å². The van der Waals surface area contributed by atoms with Gasteiger partial charge in [0, 0.05) is 13.2 Å². The highest BCUT2D eigenvalue weighted by molar-refractivity contribution is 5.80. The van der Waals surface area contributed by atoms with Gasteiger partial charge < -0.3 is 10.1 Å². The summed E-state index contributed by atoms with van der Waals surface area (Å²) in [5.74, 6) is 1.67. The van der Waals surface area contributed by atoms with E-state index in [2.05, 4.69) is 5.32 Å². The molecular weight excluding hydrogens is 178 g/mol. The summed E-state index contributed by atoms with van der Waals surface area (Å²) in [6, 6.07) is 0.429. The van der Waals surface area contributed by atoms with Crippen LogP contribution in [0.2, 0.25) is 0 Å². The fourth-order valence-electron chi connectivity index (χ4n) is 2.83. The zero-order chi connectivity index (χ0) is 10.1. The first kappa shape index (κ1) is 9.97. The highest BCUT2D eigenvalue weighted by atomic mass is 16.5. The van der Waals surface area contributed by atoms with Crippen LogP contribution in [-0.4, -0.2) is 25.2 Å². The number of nitrogens with one attached hydrogen (secondary N) is 1. The number of carbonyl (C=O) groups is 1. The Morgan fingerprint density at radius 1 is 1.43 bits per heavy atom. The van der Waals surface area contributed by atoms with Gasteiger partial charge in [0.1, 0.15) is 6.10 Å². The van der Waals surface area contributed by atoms with Gasteiger partial charge in [0.05, 0.1) is 0 Å². The predicted molar refractivity (Wildman–Crippen MR) is 53.8 cm³/mol. The van der Waals surface area contributed by atoms with Gasteiger partial charge in [-0.1, -0.05) is 6.42 Å². The van der Waals surface area contributed by atoms with Crippen molar-refractivity contribution in [3.63, 3.8) is 0 Å². The van der Waals surface area contributed by atoms with Gasteiger partial charge in [-0.3, -0.25) is 4.79 Å². The van der Waals surface area contributed by atoms with Crippen molar-refractivity contribution in [2.75, 3.05) is 7.11 Å². The molecule has 3 heteroatoms. The van der Waals surface area contributed by atoms with E-state index in [4.69, 9.17) is 4.74 Å². The summed E-state index contributed by atoms with van der Waals surface area (Å²) in [5, 5.41) is 3.10. The fraction of sp³-hybridized carbons (Fsp3) is 0.909. The van der Waals surface area contributed by atoms with Crippen molar-refractivity contribution < 1.29 is 9.53 Å². The molecule has 2 aliphatic carbocycles. The Kier molecular flexibility index (Phi) is 2.77. The van der Waals surface area contributed by atoms with Crippen molar-refractivity contribution in [1.29, 1.82) is 0 Å². The maximum atomic E-state index is 11.6. The zero-order valence-electron chi connectivity index (χ0n) is 8.95. The Hall–Kier alpha value is -0.570. The summed E-state index contributed by atoms with van der Waals surface area (Å²) in [4.78, 5) is 11.6. The molecular formula is C11H19NO2. The van der Waals surface area contributed by atoms with E-state index in [1.54, 1.807) is 14.0 Å². The SMILES string of the molecule is COC(C)C(=O)NC1CC2CCC1C2. The molecule has 0 aromatic heterocycles. The minimum atomic E-state index is -0.311. The fourth-order valence-corrected chi connectivity index (χ4v) is 2.83. The van der Waals surface area contributed by atoms with Crippen LogP contribution in [0.4, 0.5) is 0 Å². The second-order valence-corrected chi connectivity index (χ2v) is 4.67. The monoisotopic (exact) mass is 197 g/mol. The number of amides is 1. The van der Waals surface area contributed by atoms with Crippen LogP contribution in [0.25, 0.3) is 0 Å². The van der Waals surface area contributed by atoms with Crippen molar-refractivity contribution in [1.82, 2.24) is 5.32 Å². The molecule has 0 heterocycles. The van der Waals surface area contributed by atoms with Crippen LogP contribution < -0.4 is 5.32 Å². The van der Waals surface area contributed by atoms with Crippen molar-refractivity contribution in [3.05, 3.63) is 0 Å². The molecule has 2 saturated carbocycles. The molecule has 3 nitrogen and oxygen atoms in total. The minimum Gasteiger partial charge on any atom is -0.372 e. The van der Waals surface area contributed by atoms with Gasteiger partial charge in [-0.2, -0.15) is 0 Å². The summed E-state index contributed by atoms with van der Waals surface area (Å²) in [5.41, 5.74) is 0. The number of methoxy groups -OCH3 is 1. The van der Waals surface area contributed by atoms with Gasteiger partial charge in [0.2, 0.25) is 5.91 Å². The standard InChI is InChI=1S/C11H19NO2/c1-7(14-2)11(13)12-10-6-8-3-4-9(10)5-8/h7-10H,3-6H2,1-2H3,(H,12,13). The predicted octanol–water partition coefficient (Wildman–Crippen LogP) is 1.33. The molecule has 2 bridgehead atoms. The maximum Gasteiger partial charge on any atom is 0.249 e.